The summed E-state index contributed by atoms with van der Waals surface area (Å²) < 4.78 is 0. The van der Waals surface area contributed by atoms with Crippen LogP contribution in [0, 0.1) is 0 Å². The minimum Gasteiger partial charge on any atom is -0.344 e. The normalized spacial score (nSPS) is 18.7. The first-order valence-corrected chi connectivity index (χ1v) is 6.46. The van der Waals surface area contributed by atoms with Crippen LogP contribution in [-0.2, 0) is 11.2 Å². The fourth-order valence-electron chi connectivity index (χ4n) is 2.23. The highest BCUT2D eigenvalue weighted by Gasteiger charge is 2.30. The van der Waals surface area contributed by atoms with Crippen LogP contribution >= 0.6 is 0 Å². The van der Waals surface area contributed by atoms with E-state index in [9.17, 15) is 9.59 Å². The first-order chi connectivity index (χ1) is 9.11. The standard InChI is InChI=1S/C14H19N3O2/c1-17-8-6-12(14(17)19)16-13(18)11-4-2-3-10(9-11)5-7-15/h2-4,9,12H,5-8,15H2,1H3,(H,16,18). The summed E-state index contributed by atoms with van der Waals surface area (Å²) in [5.74, 6) is -0.223. The molecule has 3 N–H and O–H groups in total. The number of benzene rings is 1. The summed E-state index contributed by atoms with van der Waals surface area (Å²) in [5.41, 5.74) is 7.11. The molecule has 0 spiro atoms. The van der Waals surface area contributed by atoms with E-state index in [-0.39, 0.29) is 11.8 Å². The van der Waals surface area contributed by atoms with Crippen LogP contribution in [0.25, 0.3) is 0 Å². The van der Waals surface area contributed by atoms with Gasteiger partial charge in [0.05, 0.1) is 0 Å². The predicted octanol–water partition coefficient (Wildman–Crippen LogP) is 0.148. The molecule has 5 heteroatoms. The maximum absolute atomic E-state index is 12.1. The van der Waals surface area contributed by atoms with Crippen LogP contribution in [-0.4, -0.2) is 42.9 Å². The first kappa shape index (κ1) is 13.5. The molecular formula is C14H19N3O2. The van der Waals surface area contributed by atoms with E-state index in [4.69, 9.17) is 5.73 Å². The summed E-state index contributed by atoms with van der Waals surface area (Å²) in [6.45, 7) is 1.24. The van der Waals surface area contributed by atoms with Crippen LogP contribution < -0.4 is 11.1 Å². The van der Waals surface area contributed by atoms with Crippen LogP contribution in [0.4, 0.5) is 0 Å². The van der Waals surface area contributed by atoms with E-state index in [0.717, 1.165) is 12.0 Å². The molecule has 0 radical (unpaired) electrons. The largest absolute Gasteiger partial charge is 0.344 e. The predicted molar refractivity (Wildman–Crippen MR) is 72.7 cm³/mol. The molecule has 1 aromatic rings. The Balaban J connectivity index is 2.03. The van der Waals surface area contributed by atoms with Crippen molar-refractivity contribution in [2.75, 3.05) is 20.1 Å². The zero-order chi connectivity index (χ0) is 13.8. The average Bonchev–Trinajstić information content (AvgIpc) is 2.71. The van der Waals surface area contributed by atoms with Gasteiger partial charge in [0.25, 0.3) is 5.91 Å². The van der Waals surface area contributed by atoms with Crippen LogP contribution in [0.15, 0.2) is 24.3 Å². The number of rotatable bonds is 4. The second kappa shape index (κ2) is 5.84. The van der Waals surface area contributed by atoms with Gasteiger partial charge in [0.2, 0.25) is 5.91 Å². The molecule has 0 saturated carbocycles. The molecule has 19 heavy (non-hydrogen) atoms. The molecule has 2 rings (SSSR count). The maximum Gasteiger partial charge on any atom is 0.251 e. The first-order valence-electron chi connectivity index (χ1n) is 6.46. The molecular weight excluding hydrogens is 242 g/mol. The van der Waals surface area contributed by atoms with E-state index in [1.165, 1.54) is 0 Å². The number of nitrogens with one attached hydrogen (secondary N) is 1. The van der Waals surface area contributed by atoms with Gasteiger partial charge in [-0.25, -0.2) is 0 Å². The molecule has 1 atom stereocenters. The Morgan fingerprint density at radius 1 is 1.53 bits per heavy atom. The second-order valence-electron chi connectivity index (χ2n) is 4.81. The highest BCUT2D eigenvalue weighted by molar-refractivity contribution is 5.98. The smallest absolute Gasteiger partial charge is 0.251 e. The fraction of sp³-hybridized carbons (Fsp3) is 0.429. The number of nitrogens with zero attached hydrogens (tertiary/aromatic N) is 1. The average molecular weight is 261 g/mol. The third-order valence-electron chi connectivity index (χ3n) is 3.36. The SMILES string of the molecule is CN1CCC(NC(=O)c2cccc(CCN)c2)C1=O. The molecule has 102 valence electrons. The minimum atomic E-state index is -0.393. The van der Waals surface area contributed by atoms with E-state index in [1.54, 1.807) is 18.0 Å². The number of carbonyl (C=O) groups excluding carboxylic acids is 2. The van der Waals surface area contributed by atoms with Crippen molar-refractivity contribution in [2.24, 2.45) is 5.73 Å². The molecule has 2 amide bonds. The molecule has 1 unspecified atom stereocenters. The number of hydrogen-bond acceptors (Lipinski definition) is 3. The van der Waals surface area contributed by atoms with Gasteiger partial charge in [-0.15, -0.1) is 0 Å². The van der Waals surface area contributed by atoms with E-state index >= 15 is 0 Å². The van der Waals surface area contributed by atoms with Gasteiger partial charge in [-0.2, -0.15) is 0 Å². The molecule has 0 aromatic heterocycles. The number of likely N-dealkylation sites (tertiary alicyclic amines) is 1. The van der Waals surface area contributed by atoms with Crippen molar-refractivity contribution in [3.8, 4) is 0 Å². The molecule has 1 fully saturated rings. The van der Waals surface area contributed by atoms with E-state index in [1.807, 2.05) is 18.2 Å². The zero-order valence-electron chi connectivity index (χ0n) is 11.1. The van der Waals surface area contributed by atoms with Crippen LogP contribution in [0.5, 0.6) is 0 Å². The van der Waals surface area contributed by atoms with Gasteiger partial charge in [0.15, 0.2) is 0 Å². The lowest BCUT2D eigenvalue weighted by Crippen LogP contribution is -2.40. The Morgan fingerprint density at radius 2 is 2.32 bits per heavy atom. The van der Waals surface area contributed by atoms with Crippen molar-refractivity contribution >= 4 is 11.8 Å². The molecule has 0 bridgehead atoms. The number of hydrogen-bond donors (Lipinski definition) is 2. The summed E-state index contributed by atoms with van der Waals surface area (Å²) in [6.07, 6.45) is 1.41. The van der Waals surface area contributed by atoms with Crippen molar-refractivity contribution in [1.82, 2.24) is 10.2 Å². The lowest BCUT2D eigenvalue weighted by molar-refractivity contribution is -0.128. The third kappa shape index (κ3) is 3.12. The molecule has 5 nitrogen and oxygen atoms in total. The van der Waals surface area contributed by atoms with Crippen LogP contribution in [0.3, 0.4) is 0 Å². The van der Waals surface area contributed by atoms with Crippen molar-refractivity contribution in [1.29, 1.82) is 0 Å². The number of nitrogens with two attached hydrogens (primary N) is 1. The molecule has 1 saturated heterocycles. The Morgan fingerprint density at radius 3 is 2.95 bits per heavy atom. The van der Waals surface area contributed by atoms with Crippen LogP contribution in [0.2, 0.25) is 0 Å². The maximum atomic E-state index is 12.1. The molecule has 1 aliphatic rings. The number of amides is 2. The van der Waals surface area contributed by atoms with Gasteiger partial charge in [-0.3, -0.25) is 9.59 Å². The lowest BCUT2D eigenvalue weighted by Gasteiger charge is -2.12. The summed E-state index contributed by atoms with van der Waals surface area (Å²) in [7, 11) is 1.75. The Bertz CT molecular complexity index is 487. The van der Waals surface area contributed by atoms with E-state index in [0.29, 0.717) is 25.1 Å². The third-order valence-corrected chi connectivity index (χ3v) is 3.36. The van der Waals surface area contributed by atoms with Crippen molar-refractivity contribution < 1.29 is 9.59 Å². The topological polar surface area (TPSA) is 75.4 Å². The van der Waals surface area contributed by atoms with E-state index < -0.39 is 6.04 Å². The fourth-order valence-corrected chi connectivity index (χ4v) is 2.23. The Kier molecular flexibility index (Phi) is 4.16. The summed E-state index contributed by atoms with van der Waals surface area (Å²) in [4.78, 5) is 25.5. The van der Waals surface area contributed by atoms with Crippen molar-refractivity contribution in [3.63, 3.8) is 0 Å². The molecule has 0 aliphatic carbocycles. The molecule has 1 aromatic carbocycles. The molecule has 1 aliphatic heterocycles. The van der Waals surface area contributed by atoms with Gasteiger partial charge in [-0.1, -0.05) is 12.1 Å². The van der Waals surface area contributed by atoms with E-state index in [2.05, 4.69) is 5.32 Å². The summed E-state index contributed by atoms with van der Waals surface area (Å²) in [5, 5.41) is 2.78. The van der Waals surface area contributed by atoms with Gasteiger partial charge >= 0.3 is 0 Å². The Labute approximate surface area is 112 Å². The van der Waals surface area contributed by atoms with Crippen LogP contribution in [0.1, 0.15) is 22.3 Å². The number of likely N-dealkylation sites (N-methyl/N-ethyl adjacent to an activating group) is 1. The van der Waals surface area contributed by atoms with Crippen molar-refractivity contribution in [2.45, 2.75) is 18.9 Å². The zero-order valence-corrected chi connectivity index (χ0v) is 11.1. The highest BCUT2D eigenvalue weighted by atomic mass is 16.2. The number of carbonyl (C=O) groups is 2. The highest BCUT2D eigenvalue weighted by Crippen LogP contribution is 2.11. The van der Waals surface area contributed by atoms with Gasteiger partial charge in [0, 0.05) is 19.2 Å². The Hall–Kier alpha value is -1.88. The summed E-state index contributed by atoms with van der Waals surface area (Å²) in [6, 6.07) is 6.96. The monoisotopic (exact) mass is 261 g/mol. The second-order valence-corrected chi connectivity index (χ2v) is 4.81. The van der Waals surface area contributed by atoms with Crippen molar-refractivity contribution in [3.05, 3.63) is 35.4 Å². The lowest BCUT2D eigenvalue weighted by atomic mass is 10.1. The summed E-state index contributed by atoms with van der Waals surface area (Å²) >= 11 is 0. The van der Waals surface area contributed by atoms with Gasteiger partial charge in [-0.05, 0) is 37.1 Å². The van der Waals surface area contributed by atoms with Gasteiger partial charge in [0.1, 0.15) is 6.04 Å². The quantitative estimate of drug-likeness (QED) is 0.810. The molecule has 1 heterocycles. The van der Waals surface area contributed by atoms with Gasteiger partial charge < -0.3 is 16.0 Å². The minimum absolute atomic E-state index is 0.0218.